The molecule has 0 spiro atoms. The third kappa shape index (κ3) is 3.55. The maximum atomic E-state index is 10.8. The number of hydrogen-bond acceptors (Lipinski definition) is 2. The highest BCUT2D eigenvalue weighted by Gasteiger charge is 2.52. The molecule has 0 aromatic carbocycles. The van der Waals surface area contributed by atoms with E-state index in [1.54, 1.807) is 0 Å². The minimum atomic E-state index is -0.854. The first-order valence-electron chi connectivity index (χ1n) is 8.90. The summed E-state index contributed by atoms with van der Waals surface area (Å²) in [6.45, 7) is 9.06. The topological polar surface area (TPSA) is 57.5 Å². The summed E-state index contributed by atoms with van der Waals surface area (Å²) >= 11 is 0. The second-order valence-electron chi connectivity index (χ2n) is 8.33. The molecular weight excluding hydrogens is 288 g/mol. The van der Waals surface area contributed by atoms with Crippen molar-refractivity contribution < 1.29 is 15.0 Å². The van der Waals surface area contributed by atoms with Gasteiger partial charge >= 0.3 is 5.97 Å². The van der Waals surface area contributed by atoms with Crippen molar-refractivity contribution in [2.24, 2.45) is 22.7 Å². The van der Waals surface area contributed by atoms with E-state index >= 15 is 0 Å². The van der Waals surface area contributed by atoms with Gasteiger partial charge in [-0.2, -0.15) is 0 Å². The molecule has 4 atom stereocenters. The van der Waals surface area contributed by atoms with Crippen LogP contribution in [0.15, 0.2) is 23.3 Å². The normalized spacial score (nSPS) is 38.0. The zero-order valence-electron chi connectivity index (χ0n) is 15.1. The average molecular weight is 320 g/mol. The van der Waals surface area contributed by atoms with E-state index in [4.69, 9.17) is 5.11 Å². The van der Waals surface area contributed by atoms with E-state index in [9.17, 15) is 9.90 Å². The Morgan fingerprint density at radius 1 is 1.39 bits per heavy atom. The largest absolute Gasteiger partial charge is 0.478 e. The number of carboxylic acid groups (broad SMARTS) is 1. The zero-order chi connectivity index (χ0) is 17.3. The van der Waals surface area contributed by atoms with Crippen LogP contribution in [-0.2, 0) is 4.79 Å². The first-order valence-corrected chi connectivity index (χ1v) is 8.90. The van der Waals surface area contributed by atoms with E-state index in [0.717, 1.165) is 31.3 Å². The van der Waals surface area contributed by atoms with Gasteiger partial charge < -0.3 is 10.2 Å². The Labute approximate surface area is 140 Å². The molecule has 0 aromatic heterocycles. The molecule has 23 heavy (non-hydrogen) atoms. The zero-order valence-corrected chi connectivity index (χ0v) is 15.1. The molecule has 0 amide bonds. The lowest BCUT2D eigenvalue weighted by Gasteiger charge is -2.57. The molecule has 0 heterocycles. The minimum absolute atomic E-state index is 0.0222. The first kappa shape index (κ1) is 18.3. The highest BCUT2D eigenvalue weighted by atomic mass is 16.4. The highest BCUT2D eigenvalue weighted by molar-refractivity contribution is 5.80. The molecule has 2 aliphatic rings. The number of fused-ring (bicyclic) bond motifs is 1. The average Bonchev–Trinajstić information content (AvgIpc) is 2.45. The minimum Gasteiger partial charge on any atom is -0.478 e. The van der Waals surface area contributed by atoms with Gasteiger partial charge in [0, 0.05) is 12.7 Å². The van der Waals surface area contributed by atoms with Crippen LogP contribution in [-0.4, -0.2) is 22.8 Å². The smallest absolute Gasteiger partial charge is 0.328 e. The fourth-order valence-electron chi connectivity index (χ4n) is 5.36. The molecule has 130 valence electrons. The molecule has 1 saturated carbocycles. The summed E-state index contributed by atoms with van der Waals surface area (Å²) in [6.07, 6.45) is 10.1. The summed E-state index contributed by atoms with van der Waals surface area (Å²) in [6, 6.07) is 0. The second kappa shape index (κ2) is 6.80. The van der Waals surface area contributed by atoms with Crippen molar-refractivity contribution in [3.63, 3.8) is 0 Å². The number of carboxylic acids is 1. The first-order chi connectivity index (χ1) is 10.7. The Kier molecular flexibility index (Phi) is 5.40. The van der Waals surface area contributed by atoms with Crippen LogP contribution >= 0.6 is 0 Å². The maximum Gasteiger partial charge on any atom is 0.328 e. The maximum absolute atomic E-state index is 10.8. The molecule has 0 aromatic rings. The summed E-state index contributed by atoms with van der Waals surface area (Å²) in [5, 5.41) is 18.9. The van der Waals surface area contributed by atoms with Crippen molar-refractivity contribution in [1.82, 2.24) is 0 Å². The summed E-state index contributed by atoms with van der Waals surface area (Å²) in [7, 11) is 0. The van der Waals surface area contributed by atoms with E-state index in [2.05, 4.69) is 26.8 Å². The van der Waals surface area contributed by atoms with Crippen molar-refractivity contribution in [2.75, 3.05) is 6.61 Å². The van der Waals surface area contributed by atoms with Gasteiger partial charge in [0.25, 0.3) is 0 Å². The van der Waals surface area contributed by atoms with Crippen LogP contribution in [0.5, 0.6) is 0 Å². The fourth-order valence-corrected chi connectivity index (χ4v) is 5.36. The quantitative estimate of drug-likeness (QED) is 0.576. The lowest BCUT2D eigenvalue weighted by molar-refractivity contribution is -0.131. The number of aliphatic hydroxyl groups excluding tert-OH is 1. The molecule has 3 heteroatoms. The summed E-state index contributed by atoms with van der Waals surface area (Å²) in [4.78, 5) is 10.8. The molecule has 0 radical (unpaired) electrons. The number of rotatable bonds is 5. The molecule has 0 bridgehead atoms. The van der Waals surface area contributed by atoms with E-state index in [1.807, 2.05) is 6.92 Å². The number of allylic oxidation sites excluding steroid dienone is 3. The molecule has 0 saturated heterocycles. The van der Waals surface area contributed by atoms with E-state index in [0.29, 0.717) is 11.8 Å². The number of carbonyl (C=O) groups is 1. The van der Waals surface area contributed by atoms with Gasteiger partial charge in [0.15, 0.2) is 0 Å². The Morgan fingerprint density at radius 3 is 2.70 bits per heavy atom. The van der Waals surface area contributed by atoms with Gasteiger partial charge in [0.2, 0.25) is 0 Å². The second-order valence-corrected chi connectivity index (χ2v) is 8.33. The lowest BCUT2D eigenvalue weighted by atomic mass is 9.48. The fraction of sp³-hybridized carbons (Fsp3) is 0.750. The van der Waals surface area contributed by atoms with Gasteiger partial charge in [-0.15, -0.1) is 0 Å². The molecule has 0 aliphatic heterocycles. The third-order valence-corrected chi connectivity index (χ3v) is 6.68. The van der Waals surface area contributed by atoms with Gasteiger partial charge in [-0.25, -0.2) is 4.79 Å². The molecular formula is C20H32O3. The Hall–Kier alpha value is -1.09. The SMILES string of the molecule is CC1=CC[C@H]2[C@](C)(CO)CCC[C@]2(C)[C@H]1CC/C(C)=C\C(=O)O. The van der Waals surface area contributed by atoms with Crippen LogP contribution in [0, 0.1) is 22.7 Å². The van der Waals surface area contributed by atoms with Crippen molar-refractivity contribution in [3.8, 4) is 0 Å². The highest BCUT2D eigenvalue weighted by Crippen LogP contribution is 2.60. The van der Waals surface area contributed by atoms with E-state index in [1.165, 1.54) is 24.5 Å². The molecule has 2 N–H and O–H groups in total. The Morgan fingerprint density at radius 2 is 2.09 bits per heavy atom. The molecule has 3 nitrogen and oxygen atoms in total. The standard InChI is InChI=1S/C20H32O3/c1-14(12-18(22)23)6-8-16-15(2)7-9-17-19(3,13-21)10-5-11-20(16,17)4/h7,12,16-17,21H,5-6,8-11,13H2,1-4H3,(H,22,23)/b14-12-/t16-,17-,19-,20+/m0/s1. The lowest BCUT2D eigenvalue weighted by Crippen LogP contribution is -2.50. The van der Waals surface area contributed by atoms with E-state index in [-0.39, 0.29) is 17.4 Å². The summed E-state index contributed by atoms with van der Waals surface area (Å²) in [5.41, 5.74) is 2.64. The van der Waals surface area contributed by atoms with Crippen LogP contribution < -0.4 is 0 Å². The van der Waals surface area contributed by atoms with Crippen LogP contribution in [0.3, 0.4) is 0 Å². The Bertz CT molecular complexity index is 519. The number of aliphatic carboxylic acids is 1. The van der Waals surface area contributed by atoms with Crippen molar-refractivity contribution in [2.45, 2.75) is 66.2 Å². The molecule has 2 rings (SSSR count). The predicted molar refractivity (Wildman–Crippen MR) is 93.1 cm³/mol. The van der Waals surface area contributed by atoms with Gasteiger partial charge in [-0.05, 0) is 68.6 Å². The van der Waals surface area contributed by atoms with Gasteiger partial charge in [0.1, 0.15) is 0 Å². The summed E-state index contributed by atoms with van der Waals surface area (Å²) in [5.74, 6) is 0.156. The van der Waals surface area contributed by atoms with Crippen LogP contribution in [0.4, 0.5) is 0 Å². The monoisotopic (exact) mass is 320 g/mol. The van der Waals surface area contributed by atoms with Gasteiger partial charge in [0.05, 0.1) is 0 Å². The van der Waals surface area contributed by atoms with Crippen molar-refractivity contribution >= 4 is 5.97 Å². The van der Waals surface area contributed by atoms with Gasteiger partial charge in [-0.3, -0.25) is 0 Å². The number of aliphatic hydroxyl groups is 1. The predicted octanol–water partition coefficient (Wildman–Crippen LogP) is 4.57. The van der Waals surface area contributed by atoms with Crippen LogP contribution in [0.2, 0.25) is 0 Å². The van der Waals surface area contributed by atoms with E-state index < -0.39 is 5.97 Å². The van der Waals surface area contributed by atoms with Crippen LogP contribution in [0.25, 0.3) is 0 Å². The Balaban J connectivity index is 2.22. The molecule has 0 unspecified atom stereocenters. The summed E-state index contributed by atoms with van der Waals surface area (Å²) < 4.78 is 0. The molecule has 2 aliphatic carbocycles. The number of hydrogen-bond donors (Lipinski definition) is 2. The van der Waals surface area contributed by atoms with Crippen molar-refractivity contribution in [3.05, 3.63) is 23.3 Å². The third-order valence-electron chi connectivity index (χ3n) is 6.68. The molecule has 1 fully saturated rings. The van der Waals surface area contributed by atoms with Crippen molar-refractivity contribution in [1.29, 1.82) is 0 Å². The van der Waals surface area contributed by atoms with Crippen LogP contribution in [0.1, 0.15) is 66.2 Å². The van der Waals surface area contributed by atoms with Gasteiger partial charge in [-0.1, -0.05) is 37.5 Å².